The number of hydrogen-bond acceptors (Lipinski definition) is 2. The van der Waals surface area contributed by atoms with Crippen LogP contribution in [0.15, 0.2) is 24.3 Å². The summed E-state index contributed by atoms with van der Waals surface area (Å²) in [7, 11) is 0. The van der Waals surface area contributed by atoms with Crippen LogP contribution in [0.2, 0.25) is 0 Å². The van der Waals surface area contributed by atoms with Crippen molar-refractivity contribution in [3.05, 3.63) is 35.6 Å². The quantitative estimate of drug-likeness (QED) is 0.763. The number of benzene rings is 1. The normalized spacial score (nSPS) is 23.6. The molecule has 0 bridgehead atoms. The Hall–Kier alpha value is -1.42. The van der Waals surface area contributed by atoms with Crippen molar-refractivity contribution in [3.8, 4) is 0 Å². The molecule has 15 heavy (non-hydrogen) atoms. The van der Waals surface area contributed by atoms with Crippen LogP contribution >= 0.6 is 0 Å². The first-order valence-corrected chi connectivity index (χ1v) is 4.94. The molecule has 0 spiro atoms. The predicted octanol–water partition coefficient (Wildman–Crippen LogP) is 0.584. The number of rotatable bonds is 3. The average Bonchev–Trinajstić information content (AvgIpc) is 2.81. The number of nitrogens with two attached hydrogens (primary N) is 1. The van der Waals surface area contributed by atoms with Crippen molar-refractivity contribution >= 4 is 5.91 Å². The highest BCUT2D eigenvalue weighted by Gasteiger charge is 2.34. The van der Waals surface area contributed by atoms with Crippen molar-refractivity contribution in [2.75, 3.05) is 0 Å². The van der Waals surface area contributed by atoms with Gasteiger partial charge in [0.1, 0.15) is 5.82 Å². The molecule has 1 fully saturated rings. The Balaban J connectivity index is 1.88. The van der Waals surface area contributed by atoms with E-state index in [1.165, 1.54) is 12.1 Å². The molecule has 2 rings (SSSR count). The third-order valence-corrected chi connectivity index (χ3v) is 2.44. The number of amides is 1. The second-order valence-electron chi connectivity index (χ2n) is 3.88. The van der Waals surface area contributed by atoms with Gasteiger partial charge in [0.15, 0.2) is 0 Å². The van der Waals surface area contributed by atoms with E-state index in [1.807, 2.05) is 0 Å². The highest BCUT2D eigenvalue weighted by molar-refractivity contribution is 5.79. The van der Waals surface area contributed by atoms with Gasteiger partial charge in [-0.05, 0) is 24.1 Å². The maximum absolute atomic E-state index is 12.8. The highest BCUT2D eigenvalue weighted by Crippen LogP contribution is 2.17. The zero-order valence-corrected chi connectivity index (χ0v) is 8.24. The van der Waals surface area contributed by atoms with Crippen LogP contribution in [0.25, 0.3) is 0 Å². The summed E-state index contributed by atoms with van der Waals surface area (Å²) in [4.78, 5) is 11.4. The molecule has 0 aromatic heterocycles. The lowest BCUT2D eigenvalue weighted by molar-refractivity contribution is -0.120. The third kappa shape index (κ3) is 2.76. The Labute approximate surface area is 87.5 Å². The third-order valence-electron chi connectivity index (χ3n) is 2.44. The summed E-state index contributed by atoms with van der Waals surface area (Å²) in [6, 6.07) is 6.27. The molecular weight excluding hydrogens is 195 g/mol. The molecule has 1 saturated carbocycles. The Morgan fingerprint density at radius 3 is 2.93 bits per heavy atom. The fourth-order valence-electron chi connectivity index (χ4n) is 1.47. The van der Waals surface area contributed by atoms with Gasteiger partial charge in [0.25, 0.3) is 0 Å². The van der Waals surface area contributed by atoms with Gasteiger partial charge in [-0.15, -0.1) is 0 Å². The van der Waals surface area contributed by atoms with Crippen molar-refractivity contribution in [2.45, 2.75) is 24.9 Å². The Kier molecular flexibility index (Phi) is 2.68. The van der Waals surface area contributed by atoms with Gasteiger partial charge in [0.05, 0.1) is 6.42 Å². The molecule has 4 heteroatoms. The second kappa shape index (κ2) is 3.98. The van der Waals surface area contributed by atoms with Crippen LogP contribution in [0, 0.1) is 5.82 Å². The lowest BCUT2D eigenvalue weighted by Crippen LogP contribution is -2.30. The molecule has 1 aromatic carbocycles. The van der Waals surface area contributed by atoms with E-state index in [2.05, 4.69) is 5.32 Å². The molecule has 1 aliphatic carbocycles. The Morgan fingerprint density at radius 1 is 1.60 bits per heavy atom. The van der Waals surface area contributed by atoms with Crippen LogP contribution in [0.3, 0.4) is 0 Å². The van der Waals surface area contributed by atoms with Crippen LogP contribution in [-0.4, -0.2) is 18.0 Å². The fourth-order valence-corrected chi connectivity index (χ4v) is 1.47. The van der Waals surface area contributed by atoms with Crippen molar-refractivity contribution in [1.29, 1.82) is 0 Å². The van der Waals surface area contributed by atoms with E-state index < -0.39 is 0 Å². The van der Waals surface area contributed by atoms with E-state index in [9.17, 15) is 9.18 Å². The lowest BCUT2D eigenvalue weighted by Gasteiger charge is -2.03. The van der Waals surface area contributed by atoms with Crippen LogP contribution in [0.1, 0.15) is 12.0 Å². The first kappa shape index (κ1) is 10.1. The average molecular weight is 208 g/mol. The molecule has 3 nitrogen and oxygen atoms in total. The minimum absolute atomic E-state index is 0.0986. The maximum Gasteiger partial charge on any atom is 0.224 e. The lowest BCUT2D eigenvalue weighted by atomic mass is 10.1. The topological polar surface area (TPSA) is 55.1 Å². The van der Waals surface area contributed by atoms with Crippen molar-refractivity contribution in [3.63, 3.8) is 0 Å². The fraction of sp³-hybridized carbons (Fsp3) is 0.364. The molecule has 3 N–H and O–H groups in total. The molecule has 2 unspecified atom stereocenters. The molecular formula is C11H13FN2O. The maximum atomic E-state index is 12.8. The summed E-state index contributed by atoms with van der Waals surface area (Å²) in [5.41, 5.74) is 6.24. The molecule has 0 aliphatic heterocycles. The van der Waals surface area contributed by atoms with E-state index >= 15 is 0 Å². The molecule has 1 aromatic rings. The number of hydrogen-bond donors (Lipinski definition) is 2. The molecule has 2 atom stereocenters. The van der Waals surface area contributed by atoms with Gasteiger partial charge >= 0.3 is 0 Å². The van der Waals surface area contributed by atoms with E-state index in [0.29, 0.717) is 5.56 Å². The van der Waals surface area contributed by atoms with Gasteiger partial charge < -0.3 is 11.1 Å². The van der Waals surface area contributed by atoms with Gasteiger partial charge in [0, 0.05) is 12.1 Å². The van der Waals surface area contributed by atoms with Crippen molar-refractivity contribution in [2.24, 2.45) is 5.73 Å². The first-order valence-electron chi connectivity index (χ1n) is 4.94. The summed E-state index contributed by atoms with van der Waals surface area (Å²) in [5, 5.41) is 2.79. The molecule has 1 aliphatic rings. The predicted molar refractivity (Wildman–Crippen MR) is 54.6 cm³/mol. The van der Waals surface area contributed by atoms with Crippen LogP contribution in [0.5, 0.6) is 0 Å². The first-order chi connectivity index (χ1) is 7.15. The zero-order chi connectivity index (χ0) is 10.8. The molecule has 0 radical (unpaired) electrons. The van der Waals surface area contributed by atoms with E-state index in [1.54, 1.807) is 12.1 Å². The monoisotopic (exact) mass is 208 g/mol. The molecule has 1 amide bonds. The highest BCUT2D eigenvalue weighted by atomic mass is 19.1. The van der Waals surface area contributed by atoms with Gasteiger partial charge in [-0.1, -0.05) is 12.1 Å². The van der Waals surface area contributed by atoms with Crippen molar-refractivity contribution < 1.29 is 9.18 Å². The molecule has 80 valence electrons. The number of nitrogens with one attached hydrogen (secondary N) is 1. The summed E-state index contributed by atoms with van der Waals surface area (Å²) < 4.78 is 12.8. The SMILES string of the molecule is NC1CC1NC(=O)Cc1cccc(F)c1. The van der Waals surface area contributed by atoms with E-state index in [0.717, 1.165) is 6.42 Å². The number of carbonyl (C=O) groups is 1. The van der Waals surface area contributed by atoms with Crippen LogP contribution < -0.4 is 11.1 Å². The smallest absolute Gasteiger partial charge is 0.224 e. The van der Waals surface area contributed by atoms with Crippen LogP contribution in [-0.2, 0) is 11.2 Å². The van der Waals surface area contributed by atoms with Gasteiger partial charge in [-0.3, -0.25) is 4.79 Å². The summed E-state index contributed by atoms with van der Waals surface area (Å²) in [5.74, 6) is -0.415. The van der Waals surface area contributed by atoms with Gasteiger partial charge in [0.2, 0.25) is 5.91 Å². The minimum Gasteiger partial charge on any atom is -0.351 e. The summed E-state index contributed by atoms with van der Waals surface area (Å²) in [6.45, 7) is 0. The standard InChI is InChI=1S/C11H13FN2O/c12-8-3-1-2-7(4-8)5-11(15)14-10-6-9(10)13/h1-4,9-10H,5-6,13H2,(H,14,15). The van der Waals surface area contributed by atoms with Crippen molar-refractivity contribution in [1.82, 2.24) is 5.32 Å². The molecule has 0 heterocycles. The molecule has 0 saturated heterocycles. The summed E-state index contributed by atoms with van der Waals surface area (Å²) in [6.07, 6.45) is 1.05. The van der Waals surface area contributed by atoms with E-state index in [4.69, 9.17) is 5.73 Å². The Morgan fingerprint density at radius 2 is 2.33 bits per heavy atom. The number of carbonyl (C=O) groups excluding carboxylic acids is 1. The summed E-state index contributed by atoms with van der Waals surface area (Å²) >= 11 is 0. The van der Waals surface area contributed by atoms with Gasteiger partial charge in [-0.2, -0.15) is 0 Å². The zero-order valence-electron chi connectivity index (χ0n) is 8.24. The second-order valence-corrected chi connectivity index (χ2v) is 3.88. The minimum atomic E-state index is -0.316. The van der Waals surface area contributed by atoms with Crippen LogP contribution in [0.4, 0.5) is 4.39 Å². The largest absolute Gasteiger partial charge is 0.351 e. The van der Waals surface area contributed by atoms with Gasteiger partial charge in [-0.25, -0.2) is 4.39 Å². The van der Waals surface area contributed by atoms with E-state index in [-0.39, 0.29) is 30.2 Å². The number of halogens is 1. The Bertz CT molecular complexity index is 381.